The molecule has 240 valence electrons. The minimum Gasteiger partial charge on any atom is -0.324 e. The predicted molar refractivity (Wildman–Crippen MR) is 205 cm³/mol. The van der Waals surface area contributed by atoms with E-state index in [0.717, 1.165) is 33.5 Å². The van der Waals surface area contributed by atoms with E-state index in [1.165, 1.54) is 44.5 Å². The van der Waals surface area contributed by atoms with Gasteiger partial charge in [0.25, 0.3) is 0 Å². The van der Waals surface area contributed by atoms with Gasteiger partial charge < -0.3 is 9.80 Å². The summed E-state index contributed by atoms with van der Waals surface area (Å²) in [6.07, 6.45) is 1.37. The summed E-state index contributed by atoms with van der Waals surface area (Å²) < 4.78 is 0. The Labute approximate surface area is 297 Å². The van der Waals surface area contributed by atoms with Crippen molar-refractivity contribution in [3.8, 4) is 23.3 Å². The standard InChI is InChI=1S/C47H32N4/c48-29-36-25-31-13-7-11-21-43(31)50(36)35-23-24-40-41(27-35)47(33-15-3-1-4-16-33,34-17-5-2-6-18-34)42-28-45(38-19-9-10-20-39(38)46(40)42)51-37(30-49)26-32-14-8-12-22-44(32)51/h1-24,27-28,36-37H,25-26H2. The Balaban J connectivity index is 1.33. The fourth-order valence-electron chi connectivity index (χ4n) is 9.26. The Bertz CT molecular complexity index is 2560. The third-order valence-electron chi connectivity index (χ3n) is 11.3. The summed E-state index contributed by atoms with van der Waals surface area (Å²) >= 11 is 0. The van der Waals surface area contributed by atoms with Crippen LogP contribution in [0.4, 0.5) is 22.7 Å². The summed E-state index contributed by atoms with van der Waals surface area (Å²) in [5.74, 6) is 0. The van der Waals surface area contributed by atoms with Gasteiger partial charge in [0.1, 0.15) is 12.1 Å². The van der Waals surface area contributed by atoms with E-state index >= 15 is 0 Å². The Morgan fingerprint density at radius 2 is 1.02 bits per heavy atom. The molecule has 2 heterocycles. The minimum atomic E-state index is -0.676. The molecule has 2 unspecified atom stereocenters. The molecule has 1 aliphatic carbocycles. The normalized spacial score (nSPS) is 17.7. The van der Waals surface area contributed by atoms with E-state index in [9.17, 15) is 10.5 Å². The van der Waals surface area contributed by atoms with Crippen molar-refractivity contribution >= 4 is 33.5 Å². The molecular formula is C47H32N4. The van der Waals surface area contributed by atoms with Crippen LogP contribution in [-0.2, 0) is 18.3 Å². The van der Waals surface area contributed by atoms with Crippen molar-refractivity contribution in [1.82, 2.24) is 0 Å². The molecule has 0 N–H and O–H groups in total. The van der Waals surface area contributed by atoms with Gasteiger partial charge in [-0.25, -0.2) is 0 Å². The van der Waals surface area contributed by atoms with Crippen molar-refractivity contribution in [2.75, 3.05) is 9.80 Å². The second kappa shape index (κ2) is 11.2. The van der Waals surface area contributed by atoms with Crippen LogP contribution >= 0.6 is 0 Å². The third-order valence-corrected chi connectivity index (χ3v) is 11.3. The van der Waals surface area contributed by atoms with Crippen molar-refractivity contribution in [2.45, 2.75) is 30.3 Å². The molecule has 0 bridgehead atoms. The Kier molecular flexibility index (Phi) is 6.44. The first-order chi connectivity index (χ1) is 25.2. The van der Waals surface area contributed by atoms with Gasteiger partial charge in [0.2, 0.25) is 0 Å². The van der Waals surface area contributed by atoms with Gasteiger partial charge in [-0.1, -0.05) is 127 Å². The van der Waals surface area contributed by atoms with Crippen molar-refractivity contribution < 1.29 is 0 Å². The van der Waals surface area contributed by atoms with Gasteiger partial charge in [-0.15, -0.1) is 0 Å². The number of hydrogen-bond acceptors (Lipinski definition) is 4. The highest BCUT2D eigenvalue weighted by molar-refractivity contribution is 6.10. The Hall–Kier alpha value is -6.62. The number of anilines is 4. The lowest BCUT2D eigenvalue weighted by molar-refractivity contribution is 0.765. The average Bonchev–Trinajstić information content (AvgIpc) is 3.86. The largest absolute Gasteiger partial charge is 0.324 e. The zero-order valence-electron chi connectivity index (χ0n) is 27.9. The SMILES string of the molecule is N#CC1Cc2ccccc2N1c1ccc2c(c1)C(c1ccccc1)(c1ccccc1)c1cc(N3c4ccccc4CC3C#N)c3ccccc3c1-2. The van der Waals surface area contributed by atoms with Gasteiger partial charge in [0, 0.05) is 35.3 Å². The fraction of sp³-hybridized carbons (Fsp3) is 0.106. The first kappa shape index (κ1) is 29.3. The number of nitriles is 2. The van der Waals surface area contributed by atoms with E-state index in [1.54, 1.807) is 0 Å². The highest BCUT2D eigenvalue weighted by Crippen LogP contribution is 2.60. The molecule has 3 aliphatic rings. The maximum absolute atomic E-state index is 10.6. The molecule has 2 aliphatic heterocycles. The molecular weight excluding hydrogens is 621 g/mol. The van der Waals surface area contributed by atoms with Crippen LogP contribution < -0.4 is 9.80 Å². The topological polar surface area (TPSA) is 54.1 Å². The van der Waals surface area contributed by atoms with Crippen LogP contribution in [0.5, 0.6) is 0 Å². The van der Waals surface area contributed by atoms with Crippen LogP contribution in [0.15, 0.2) is 158 Å². The number of para-hydroxylation sites is 2. The molecule has 10 rings (SSSR count). The fourth-order valence-corrected chi connectivity index (χ4v) is 9.26. The van der Waals surface area contributed by atoms with Crippen molar-refractivity contribution in [1.29, 1.82) is 10.5 Å². The highest BCUT2D eigenvalue weighted by atomic mass is 15.2. The molecule has 4 heteroatoms. The van der Waals surface area contributed by atoms with Crippen molar-refractivity contribution in [3.63, 3.8) is 0 Å². The van der Waals surface area contributed by atoms with Gasteiger partial charge >= 0.3 is 0 Å². The molecule has 51 heavy (non-hydrogen) atoms. The maximum Gasteiger partial charge on any atom is 0.125 e. The Morgan fingerprint density at radius 1 is 0.490 bits per heavy atom. The number of rotatable bonds is 4. The first-order valence-electron chi connectivity index (χ1n) is 17.6. The summed E-state index contributed by atoms with van der Waals surface area (Å²) in [7, 11) is 0. The van der Waals surface area contributed by atoms with Gasteiger partial charge in [0.15, 0.2) is 0 Å². The van der Waals surface area contributed by atoms with Crippen LogP contribution in [0.3, 0.4) is 0 Å². The lowest BCUT2D eigenvalue weighted by Gasteiger charge is -2.36. The second-order valence-corrected chi connectivity index (χ2v) is 13.8. The van der Waals surface area contributed by atoms with Gasteiger partial charge in [-0.3, -0.25) is 0 Å². The summed E-state index contributed by atoms with van der Waals surface area (Å²) in [6, 6.07) is 61.1. The third kappa shape index (κ3) is 4.05. The molecule has 7 aromatic carbocycles. The average molecular weight is 653 g/mol. The zero-order valence-corrected chi connectivity index (χ0v) is 27.9. The van der Waals surface area contributed by atoms with Crippen LogP contribution in [0.2, 0.25) is 0 Å². The zero-order chi connectivity index (χ0) is 34.1. The maximum atomic E-state index is 10.6. The van der Waals surface area contributed by atoms with E-state index in [-0.39, 0.29) is 12.1 Å². The summed E-state index contributed by atoms with van der Waals surface area (Å²) in [4.78, 5) is 4.49. The minimum absolute atomic E-state index is 0.294. The molecule has 0 aromatic heterocycles. The van der Waals surface area contributed by atoms with Crippen LogP contribution in [0, 0.1) is 22.7 Å². The van der Waals surface area contributed by atoms with Gasteiger partial charge in [0.05, 0.1) is 23.2 Å². The molecule has 4 nitrogen and oxygen atoms in total. The van der Waals surface area contributed by atoms with E-state index in [4.69, 9.17) is 0 Å². The van der Waals surface area contributed by atoms with Gasteiger partial charge in [-0.05, 0) is 80.2 Å². The van der Waals surface area contributed by atoms with E-state index in [1.807, 2.05) is 0 Å². The number of benzene rings is 7. The molecule has 0 amide bonds. The van der Waals surface area contributed by atoms with E-state index < -0.39 is 5.41 Å². The summed E-state index contributed by atoms with van der Waals surface area (Å²) in [5.41, 5.74) is 13.1. The molecule has 0 fully saturated rings. The lowest BCUT2D eigenvalue weighted by Crippen LogP contribution is -2.31. The molecule has 0 radical (unpaired) electrons. The first-order valence-corrected chi connectivity index (χ1v) is 17.6. The predicted octanol–water partition coefficient (Wildman–Crippen LogP) is 10.4. The monoisotopic (exact) mass is 652 g/mol. The van der Waals surface area contributed by atoms with E-state index in [0.29, 0.717) is 12.8 Å². The molecule has 2 atom stereocenters. The van der Waals surface area contributed by atoms with E-state index in [2.05, 4.69) is 180 Å². The summed E-state index contributed by atoms with van der Waals surface area (Å²) in [5, 5.41) is 23.3. The molecule has 7 aromatic rings. The number of nitrogens with zero attached hydrogens (tertiary/aromatic N) is 4. The van der Waals surface area contributed by atoms with Crippen molar-refractivity contribution in [3.05, 3.63) is 191 Å². The quantitative estimate of drug-likeness (QED) is 0.190. The second-order valence-electron chi connectivity index (χ2n) is 13.8. The van der Waals surface area contributed by atoms with Crippen LogP contribution in [0.1, 0.15) is 33.4 Å². The smallest absolute Gasteiger partial charge is 0.125 e. The van der Waals surface area contributed by atoms with Crippen molar-refractivity contribution in [2.24, 2.45) is 0 Å². The molecule has 0 spiro atoms. The summed E-state index contributed by atoms with van der Waals surface area (Å²) in [6.45, 7) is 0. The van der Waals surface area contributed by atoms with Gasteiger partial charge in [-0.2, -0.15) is 10.5 Å². The van der Waals surface area contributed by atoms with Crippen LogP contribution in [-0.4, -0.2) is 12.1 Å². The highest BCUT2D eigenvalue weighted by Gasteiger charge is 2.48. The lowest BCUT2D eigenvalue weighted by atomic mass is 9.67. The Morgan fingerprint density at radius 3 is 1.65 bits per heavy atom. The molecule has 0 saturated carbocycles. The number of fused-ring (bicyclic) bond motifs is 7. The number of hydrogen-bond donors (Lipinski definition) is 0. The molecule has 0 saturated heterocycles. The van der Waals surface area contributed by atoms with Crippen LogP contribution in [0.25, 0.3) is 21.9 Å².